The van der Waals surface area contributed by atoms with E-state index in [0.29, 0.717) is 0 Å². The van der Waals surface area contributed by atoms with Crippen LogP contribution in [0.1, 0.15) is 27.7 Å². The van der Waals surface area contributed by atoms with Gasteiger partial charge in [-0.1, -0.05) is 0 Å². The van der Waals surface area contributed by atoms with E-state index in [4.69, 9.17) is 5.10 Å². The Morgan fingerprint density at radius 2 is 1.80 bits per heavy atom. The van der Waals surface area contributed by atoms with Crippen LogP contribution in [0.3, 0.4) is 0 Å². The third kappa shape index (κ3) is 3.14. The first-order valence-electron chi connectivity index (χ1n) is 8.73. The summed E-state index contributed by atoms with van der Waals surface area (Å²) in [5.74, 6) is 1.16. The van der Waals surface area contributed by atoms with Crippen LogP contribution in [0.15, 0.2) is 11.4 Å². The molecule has 0 bridgehead atoms. The summed E-state index contributed by atoms with van der Waals surface area (Å²) in [5, 5.41) is 8.03. The first kappa shape index (κ1) is 16.5. The zero-order valence-corrected chi connectivity index (χ0v) is 16.1. The first-order chi connectivity index (χ1) is 12.0. The average Bonchev–Trinajstić information content (AvgIpc) is 3.12. The Morgan fingerprint density at radius 1 is 1.04 bits per heavy atom. The molecule has 0 amide bonds. The molecule has 3 aromatic heterocycles. The van der Waals surface area contributed by atoms with Crippen molar-refractivity contribution in [2.45, 2.75) is 34.2 Å². The fraction of sp³-hybridized carbons (Fsp3) is 0.500. The second-order valence-corrected chi connectivity index (χ2v) is 7.88. The van der Waals surface area contributed by atoms with Gasteiger partial charge in [0.2, 0.25) is 0 Å². The van der Waals surface area contributed by atoms with Crippen LogP contribution < -0.4 is 4.90 Å². The number of aryl methyl sites for hydroxylation is 4. The van der Waals surface area contributed by atoms with E-state index in [0.717, 1.165) is 60.6 Å². The summed E-state index contributed by atoms with van der Waals surface area (Å²) in [4.78, 5) is 14.2. The summed E-state index contributed by atoms with van der Waals surface area (Å²) in [6.45, 7) is 13.3. The Balaban J connectivity index is 1.52. The molecule has 0 aromatic carbocycles. The molecular weight excluding hydrogens is 332 g/mol. The number of aromatic nitrogens is 4. The number of piperazine rings is 1. The maximum Gasteiger partial charge on any atom is 0.160 e. The van der Waals surface area contributed by atoms with E-state index < -0.39 is 0 Å². The molecule has 3 aromatic rings. The van der Waals surface area contributed by atoms with Crippen molar-refractivity contribution in [3.8, 4) is 0 Å². The number of thiazole rings is 1. The minimum atomic E-state index is 0.947. The van der Waals surface area contributed by atoms with E-state index in [1.165, 1.54) is 11.3 Å². The molecule has 1 fully saturated rings. The fourth-order valence-electron chi connectivity index (χ4n) is 3.40. The number of anilines is 1. The normalized spacial score (nSPS) is 16.1. The Bertz CT molecular complexity index is 904. The third-order valence-corrected chi connectivity index (χ3v) is 5.74. The van der Waals surface area contributed by atoms with Gasteiger partial charge in [-0.25, -0.2) is 9.97 Å². The predicted molar refractivity (Wildman–Crippen MR) is 102 cm³/mol. The molecule has 0 N–H and O–H groups in total. The second kappa shape index (κ2) is 6.38. The second-order valence-electron chi connectivity index (χ2n) is 6.82. The van der Waals surface area contributed by atoms with E-state index in [1.807, 2.05) is 4.52 Å². The Labute approximate surface area is 152 Å². The Kier molecular flexibility index (Phi) is 4.21. The van der Waals surface area contributed by atoms with Crippen LogP contribution in [0, 0.1) is 27.7 Å². The van der Waals surface area contributed by atoms with E-state index >= 15 is 0 Å². The highest BCUT2D eigenvalue weighted by atomic mass is 32.1. The van der Waals surface area contributed by atoms with Crippen LogP contribution in [-0.4, -0.2) is 50.7 Å². The number of rotatable bonds is 3. The summed E-state index contributed by atoms with van der Waals surface area (Å²) in [7, 11) is 0. The Morgan fingerprint density at radius 3 is 2.48 bits per heavy atom. The summed E-state index contributed by atoms with van der Waals surface area (Å²) >= 11 is 1.73. The van der Waals surface area contributed by atoms with Crippen LogP contribution in [0.2, 0.25) is 0 Å². The van der Waals surface area contributed by atoms with Crippen LogP contribution >= 0.6 is 11.3 Å². The number of hydrogen-bond donors (Lipinski definition) is 0. The van der Waals surface area contributed by atoms with E-state index in [2.05, 4.69) is 58.9 Å². The maximum atomic E-state index is 4.71. The zero-order valence-electron chi connectivity index (χ0n) is 15.3. The van der Waals surface area contributed by atoms with Gasteiger partial charge in [0, 0.05) is 55.4 Å². The molecule has 132 valence electrons. The first-order valence-corrected chi connectivity index (χ1v) is 9.61. The molecular formula is C18H24N6S. The highest BCUT2D eigenvalue weighted by molar-refractivity contribution is 7.09. The number of hydrogen-bond acceptors (Lipinski definition) is 6. The molecule has 7 heteroatoms. The number of fused-ring (bicyclic) bond motifs is 1. The molecule has 25 heavy (non-hydrogen) atoms. The molecule has 1 saturated heterocycles. The van der Waals surface area contributed by atoms with Gasteiger partial charge >= 0.3 is 0 Å². The van der Waals surface area contributed by atoms with Crippen molar-refractivity contribution in [1.29, 1.82) is 0 Å². The van der Waals surface area contributed by atoms with Gasteiger partial charge in [0.15, 0.2) is 5.65 Å². The highest BCUT2D eigenvalue weighted by Crippen LogP contribution is 2.23. The predicted octanol–water partition coefficient (Wildman–Crippen LogP) is 2.74. The van der Waals surface area contributed by atoms with Crippen molar-refractivity contribution >= 4 is 22.8 Å². The standard InChI is InChI=1S/C18H24N6S/c1-12-9-17(24-18(19-12)13(2)14(3)21-24)23-7-5-22(6-8-23)10-16-11-25-15(4)20-16/h9,11H,5-8,10H2,1-4H3. The smallest absolute Gasteiger partial charge is 0.160 e. The molecule has 0 radical (unpaired) electrons. The molecule has 1 aliphatic heterocycles. The van der Waals surface area contributed by atoms with Crippen molar-refractivity contribution in [3.05, 3.63) is 39.1 Å². The van der Waals surface area contributed by atoms with Crippen molar-refractivity contribution < 1.29 is 0 Å². The van der Waals surface area contributed by atoms with Crippen LogP contribution in [-0.2, 0) is 6.54 Å². The molecule has 0 unspecified atom stereocenters. The lowest BCUT2D eigenvalue weighted by Crippen LogP contribution is -2.46. The van der Waals surface area contributed by atoms with E-state index in [1.54, 1.807) is 11.3 Å². The zero-order chi connectivity index (χ0) is 17.6. The molecule has 4 heterocycles. The Hall–Kier alpha value is -1.99. The summed E-state index contributed by atoms with van der Waals surface area (Å²) in [5.41, 5.74) is 5.44. The van der Waals surface area contributed by atoms with Crippen LogP contribution in [0.4, 0.5) is 5.82 Å². The van der Waals surface area contributed by atoms with Gasteiger partial charge in [-0.05, 0) is 27.7 Å². The summed E-state index contributed by atoms with van der Waals surface area (Å²) < 4.78 is 2.01. The van der Waals surface area contributed by atoms with Crippen molar-refractivity contribution in [3.63, 3.8) is 0 Å². The van der Waals surface area contributed by atoms with Gasteiger partial charge in [0.05, 0.1) is 16.4 Å². The number of nitrogens with zero attached hydrogens (tertiary/aromatic N) is 6. The highest BCUT2D eigenvalue weighted by Gasteiger charge is 2.21. The van der Waals surface area contributed by atoms with Gasteiger partial charge in [-0.2, -0.15) is 9.61 Å². The average molecular weight is 356 g/mol. The maximum absolute atomic E-state index is 4.71. The van der Waals surface area contributed by atoms with Crippen LogP contribution in [0.25, 0.3) is 5.65 Å². The lowest BCUT2D eigenvalue weighted by molar-refractivity contribution is 0.246. The van der Waals surface area contributed by atoms with E-state index in [9.17, 15) is 0 Å². The summed E-state index contributed by atoms with van der Waals surface area (Å²) in [6.07, 6.45) is 0. The molecule has 4 rings (SSSR count). The van der Waals surface area contributed by atoms with Gasteiger partial charge in [0.1, 0.15) is 5.82 Å². The van der Waals surface area contributed by atoms with Gasteiger partial charge in [-0.15, -0.1) is 11.3 Å². The third-order valence-electron chi connectivity index (χ3n) is 4.91. The molecule has 0 atom stereocenters. The monoisotopic (exact) mass is 356 g/mol. The lowest BCUT2D eigenvalue weighted by atomic mass is 10.2. The van der Waals surface area contributed by atoms with Crippen molar-refractivity contribution in [1.82, 2.24) is 24.5 Å². The molecule has 0 aliphatic carbocycles. The SMILES string of the molecule is Cc1cc(N2CCN(Cc3csc(C)n3)CC2)n2nc(C)c(C)c2n1. The van der Waals surface area contributed by atoms with Crippen molar-refractivity contribution in [2.75, 3.05) is 31.1 Å². The quantitative estimate of drug-likeness (QED) is 0.722. The molecule has 1 aliphatic rings. The summed E-state index contributed by atoms with van der Waals surface area (Å²) in [6, 6.07) is 2.15. The largest absolute Gasteiger partial charge is 0.354 e. The van der Waals surface area contributed by atoms with E-state index in [-0.39, 0.29) is 0 Å². The van der Waals surface area contributed by atoms with Crippen molar-refractivity contribution in [2.24, 2.45) is 0 Å². The van der Waals surface area contributed by atoms with Gasteiger partial charge in [-0.3, -0.25) is 4.90 Å². The van der Waals surface area contributed by atoms with Gasteiger partial charge in [0.25, 0.3) is 0 Å². The van der Waals surface area contributed by atoms with Crippen LogP contribution in [0.5, 0.6) is 0 Å². The fourth-order valence-corrected chi connectivity index (χ4v) is 4.01. The minimum Gasteiger partial charge on any atom is -0.354 e. The molecule has 0 saturated carbocycles. The molecule has 0 spiro atoms. The van der Waals surface area contributed by atoms with Gasteiger partial charge < -0.3 is 4.90 Å². The topological polar surface area (TPSA) is 49.6 Å². The minimum absolute atomic E-state index is 0.947. The lowest BCUT2D eigenvalue weighted by Gasteiger charge is -2.35. The molecule has 6 nitrogen and oxygen atoms in total.